The molecule has 2 atom stereocenters. The van der Waals surface area contributed by atoms with Gasteiger partial charge >= 0.3 is 6.03 Å². The van der Waals surface area contributed by atoms with Gasteiger partial charge in [0.2, 0.25) is 5.91 Å². The van der Waals surface area contributed by atoms with Gasteiger partial charge in [0.1, 0.15) is 6.54 Å². The Balaban J connectivity index is 1.91. The summed E-state index contributed by atoms with van der Waals surface area (Å²) < 4.78 is 5.39. The van der Waals surface area contributed by atoms with Crippen LogP contribution in [0, 0.1) is 5.92 Å². The van der Waals surface area contributed by atoms with Crippen LogP contribution >= 0.6 is 0 Å². The Morgan fingerprint density at radius 3 is 2.86 bits per heavy atom. The topological polar surface area (TPSA) is 58.6 Å². The monoisotopic (exact) mass is 198 g/mol. The SMILES string of the molecule is CC1OCCC1CN1CC(=O)NC1=O. The molecule has 2 aliphatic rings. The molecule has 2 aliphatic heterocycles. The molecule has 0 aromatic carbocycles. The highest BCUT2D eigenvalue weighted by molar-refractivity contribution is 6.01. The highest BCUT2D eigenvalue weighted by Gasteiger charge is 2.32. The quantitative estimate of drug-likeness (QED) is 0.633. The maximum absolute atomic E-state index is 11.2. The Morgan fingerprint density at radius 1 is 1.57 bits per heavy atom. The summed E-state index contributed by atoms with van der Waals surface area (Å²) in [7, 11) is 0. The van der Waals surface area contributed by atoms with E-state index in [1.807, 2.05) is 6.92 Å². The Labute approximate surface area is 82.4 Å². The van der Waals surface area contributed by atoms with Gasteiger partial charge in [0.25, 0.3) is 0 Å². The highest BCUT2D eigenvalue weighted by atomic mass is 16.5. The van der Waals surface area contributed by atoms with Crippen molar-refractivity contribution in [3.05, 3.63) is 0 Å². The van der Waals surface area contributed by atoms with E-state index in [2.05, 4.69) is 5.32 Å². The van der Waals surface area contributed by atoms with Crippen molar-refractivity contribution in [1.29, 1.82) is 0 Å². The number of urea groups is 1. The van der Waals surface area contributed by atoms with Gasteiger partial charge in [0.05, 0.1) is 6.10 Å². The fraction of sp³-hybridized carbons (Fsp3) is 0.778. The van der Waals surface area contributed by atoms with E-state index in [1.54, 1.807) is 4.90 Å². The number of amides is 3. The van der Waals surface area contributed by atoms with Gasteiger partial charge in [0.15, 0.2) is 0 Å². The third-order valence-electron chi connectivity index (χ3n) is 2.86. The van der Waals surface area contributed by atoms with Gasteiger partial charge in [-0.15, -0.1) is 0 Å². The minimum atomic E-state index is -0.269. The van der Waals surface area contributed by atoms with Crippen molar-refractivity contribution in [1.82, 2.24) is 10.2 Å². The zero-order chi connectivity index (χ0) is 10.1. The number of nitrogens with one attached hydrogen (secondary N) is 1. The fourth-order valence-electron chi connectivity index (χ4n) is 1.93. The van der Waals surface area contributed by atoms with Crippen LogP contribution in [-0.2, 0) is 9.53 Å². The van der Waals surface area contributed by atoms with Crippen LogP contribution in [-0.4, -0.2) is 42.6 Å². The zero-order valence-corrected chi connectivity index (χ0v) is 8.16. The van der Waals surface area contributed by atoms with Crippen LogP contribution in [0.3, 0.4) is 0 Å². The number of hydrogen-bond donors (Lipinski definition) is 1. The molecular weight excluding hydrogens is 184 g/mol. The Kier molecular flexibility index (Phi) is 2.41. The van der Waals surface area contributed by atoms with Crippen molar-refractivity contribution in [2.24, 2.45) is 5.92 Å². The zero-order valence-electron chi connectivity index (χ0n) is 8.16. The minimum absolute atomic E-state index is 0.193. The number of nitrogens with zero attached hydrogens (tertiary/aromatic N) is 1. The summed E-state index contributed by atoms with van der Waals surface area (Å²) in [6.45, 7) is 3.59. The number of imide groups is 1. The first kappa shape index (κ1) is 9.45. The van der Waals surface area contributed by atoms with Crippen molar-refractivity contribution in [3.63, 3.8) is 0 Å². The van der Waals surface area contributed by atoms with Crippen LogP contribution in [0.1, 0.15) is 13.3 Å². The lowest BCUT2D eigenvalue weighted by Gasteiger charge is -2.20. The Morgan fingerprint density at radius 2 is 2.36 bits per heavy atom. The third kappa shape index (κ3) is 1.72. The van der Waals surface area contributed by atoms with Crippen molar-refractivity contribution in [2.75, 3.05) is 19.7 Å². The van der Waals surface area contributed by atoms with E-state index in [-0.39, 0.29) is 24.6 Å². The number of carbonyl (C=O) groups is 2. The molecule has 78 valence electrons. The number of hydrogen-bond acceptors (Lipinski definition) is 3. The van der Waals surface area contributed by atoms with Crippen LogP contribution in [0.2, 0.25) is 0 Å². The van der Waals surface area contributed by atoms with Gasteiger partial charge in [-0.1, -0.05) is 0 Å². The van der Waals surface area contributed by atoms with Gasteiger partial charge in [-0.3, -0.25) is 10.1 Å². The largest absolute Gasteiger partial charge is 0.378 e. The predicted molar refractivity (Wildman–Crippen MR) is 48.6 cm³/mol. The van der Waals surface area contributed by atoms with Gasteiger partial charge < -0.3 is 9.64 Å². The molecule has 0 aromatic heterocycles. The summed E-state index contributed by atoms with van der Waals surface area (Å²) in [6.07, 6.45) is 1.16. The van der Waals surface area contributed by atoms with Crippen molar-refractivity contribution >= 4 is 11.9 Å². The molecule has 2 fully saturated rings. The van der Waals surface area contributed by atoms with E-state index >= 15 is 0 Å². The van der Waals surface area contributed by atoms with Crippen LogP contribution in [0.25, 0.3) is 0 Å². The van der Waals surface area contributed by atoms with E-state index in [4.69, 9.17) is 4.74 Å². The highest BCUT2D eigenvalue weighted by Crippen LogP contribution is 2.21. The van der Waals surface area contributed by atoms with E-state index in [0.717, 1.165) is 13.0 Å². The second-order valence-corrected chi connectivity index (χ2v) is 3.86. The lowest BCUT2D eigenvalue weighted by atomic mass is 10.0. The lowest BCUT2D eigenvalue weighted by molar-refractivity contribution is -0.118. The number of rotatable bonds is 2. The molecule has 14 heavy (non-hydrogen) atoms. The minimum Gasteiger partial charge on any atom is -0.378 e. The van der Waals surface area contributed by atoms with Gasteiger partial charge in [-0.05, 0) is 13.3 Å². The smallest absolute Gasteiger partial charge is 0.324 e. The summed E-state index contributed by atoms with van der Waals surface area (Å²) in [5.74, 6) is 0.160. The van der Waals surface area contributed by atoms with E-state index in [1.165, 1.54) is 0 Å². The first-order valence-electron chi connectivity index (χ1n) is 4.87. The summed E-state index contributed by atoms with van der Waals surface area (Å²) in [4.78, 5) is 23.7. The molecule has 2 saturated heterocycles. The maximum atomic E-state index is 11.2. The molecule has 1 N–H and O–H groups in total. The molecule has 0 aromatic rings. The van der Waals surface area contributed by atoms with Crippen LogP contribution < -0.4 is 5.32 Å². The third-order valence-corrected chi connectivity index (χ3v) is 2.86. The molecule has 2 unspecified atom stereocenters. The first-order valence-corrected chi connectivity index (χ1v) is 4.87. The van der Waals surface area contributed by atoms with Crippen molar-refractivity contribution in [2.45, 2.75) is 19.4 Å². The molecule has 0 spiro atoms. The Bertz CT molecular complexity index is 267. The summed E-state index contributed by atoms with van der Waals surface area (Å²) in [6, 6.07) is -0.269. The fourth-order valence-corrected chi connectivity index (χ4v) is 1.93. The molecule has 0 bridgehead atoms. The van der Waals surface area contributed by atoms with Gasteiger partial charge in [-0.25, -0.2) is 4.79 Å². The molecule has 0 saturated carbocycles. The van der Waals surface area contributed by atoms with Gasteiger partial charge in [0, 0.05) is 19.1 Å². The summed E-state index contributed by atoms with van der Waals surface area (Å²) in [5.41, 5.74) is 0. The molecular formula is C9H14N2O3. The summed E-state index contributed by atoms with van der Waals surface area (Å²) in [5, 5.41) is 2.26. The van der Waals surface area contributed by atoms with Gasteiger partial charge in [-0.2, -0.15) is 0 Å². The lowest BCUT2D eigenvalue weighted by Crippen LogP contribution is -2.34. The number of ether oxygens (including phenoxy) is 1. The normalized spacial score (nSPS) is 32.5. The average molecular weight is 198 g/mol. The van der Waals surface area contributed by atoms with Crippen molar-refractivity contribution in [3.8, 4) is 0 Å². The second kappa shape index (κ2) is 3.57. The van der Waals surface area contributed by atoms with Crippen LogP contribution in [0.4, 0.5) is 4.79 Å². The number of carbonyl (C=O) groups excluding carboxylic acids is 2. The molecule has 2 heterocycles. The van der Waals surface area contributed by atoms with E-state index < -0.39 is 0 Å². The maximum Gasteiger partial charge on any atom is 0.324 e. The molecule has 5 nitrogen and oxygen atoms in total. The summed E-state index contributed by atoms with van der Waals surface area (Å²) >= 11 is 0. The molecule has 3 amide bonds. The van der Waals surface area contributed by atoms with E-state index in [9.17, 15) is 9.59 Å². The Hall–Kier alpha value is -1.10. The molecule has 0 aliphatic carbocycles. The van der Waals surface area contributed by atoms with Crippen LogP contribution in [0.5, 0.6) is 0 Å². The molecule has 2 rings (SSSR count). The predicted octanol–water partition coefficient (Wildman–Crippen LogP) is -0.0368. The second-order valence-electron chi connectivity index (χ2n) is 3.86. The average Bonchev–Trinajstić information content (AvgIpc) is 2.62. The standard InChI is InChI=1S/C9H14N2O3/c1-6-7(2-3-14-6)4-11-5-8(12)10-9(11)13/h6-7H,2-5H2,1H3,(H,10,12,13). The first-order chi connectivity index (χ1) is 6.66. The van der Waals surface area contributed by atoms with E-state index in [0.29, 0.717) is 12.5 Å². The molecule has 5 heteroatoms. The van der Waals surface area contributed by atoms with Crippen LogP contribution in [0.15, 0.2) is 0 Å². The molecule has 0 radical (unpaired) electrons. The van der Waals surface area contributed by atoms with Crippen molar-refractivity contribution < 1.29 is 14.3 Å².